The average molecular weight is 619 g/mol. The second-order valence-electron chi connectivity index (χ2n) is 8.06. The number of nitrogens with zero attached hydrogens (tertiary/aromatic N) is 1. The van der Waals surface area contributed by atoms with Crippen LogP contribution in [0.25, 0.3) is 0 Å². The number of anilines is 1. The summed E-state index contributed by atoms with van der Waals surface area (Å²) in [5.41, 5.74) is 4.96. The van der Waals surface area contributed by atoms with E-state index in [1.165, 1.54) is 13.3 Å². The quantitative estimate of drug-likeness (QED) is 0.191. The molecule has 0 spiro atoms. The molecule has 0 fully saturated rings. The van der Waals surface area contributed by atoms with E-state index in [1.54, 1.807) is 42.5 Å². The summed E-state index contributed by atoms with van der Waals surface area (Å²) in [5.74, 6) is 0.984. The van der Waals surface area contributed by atoms with E-state index in [1.807, 2.05) is 26.8 Å². The summed E-state index contributed by atoms with van der Waals surface area (Å²) in [6.07, 6.45) is 1.47. The van der Waals surface area contributed by atoms with Crippen LogP contribution in [-0.4, -0.2) is 45.0 Å². The van der Waals surface area contributed by atoms with Crippen molar-refractivity contribution in [1.82, 2.24) is 5.43 Å². The lowest BCUT2D eigenvalue weighted by Crippen LogP contribution is -2.20. The molecule has 39 heavy (non-hydrogen) atoms. The van der Waals surface area contributed by atoms with Gasteiger partial charge >= 0.3 is 0 Å². The van der Waals surface area contributed by atoms with Gasteiger partial charge in [-0.1, -0.05) is 17.7 Å². The Labute approximate surface area is 240 Å². The van der Waals surface area contributed by atoms with Gasteiger partial charge in [0.15, 0.2) is 29.6 Å². The molecule has 9 nitrogen and oxygen atoms in total. The van der Waals surface area contributed by atoms with Crippen LogP contribution in [0.3, 0.4) is 0 Å². The summed E-state index contributed by atoms with van der Waals surface area (Å²) < 4.78 is 22.8. The fourth-order valence-electron chi connectivity index (χ4n) is 3.38. The fraction of sp³-hybridized carbons (Fsp3) is 0.250. The number of hydrogen-bond donors (Lipinski definition) is 2. The van der Waals surface area contributed by atoms with Crippen molar-refractivity contribution in [2.24, 2.45) is 5.10 Å². The van der Waals surface area contributed by atoms with E-state index >= 15 is 0 Å². The Morgan fingerprint density at radius 1 is 0.974 bits per heavy atom. The summed E-state index contributed by atoms with van der Waals surface area (Å²) in [6.45, 7) is 6.17. The summed E-state index contributed by atoms with van der Waals surface area (Å²) in [7, 11) is 1.51. The number of nitrogens with one attached hydrogen (secondary N) is 2. The lowest BCUT2D eigenvalue weighted by Gasteiger charge is -2.15. The van der Waals surface area contributed by atoms with Crippen molar-refractivity contribution in [3.05, 3.63) is 74.7 Å². The molecule has 206 valence electrons. The second-order valence-corrected chi connectivity index (χ2v) is 9.32. The molecule has 3 rings (SSSR count). The van der Waals surface area contributed by atoms with E-state index in [2.05, 4.69) is 31.8 Å². The second kappa shape index (κ2) is 14.4. The van der Waals surface area contributed by atoms with Crippen molar-refractivity contribution in [2.75, 3.05) is 32.2 Å². The monoisotopic (exact) mass is 617 g/mol. The molecule has 0 atom stereocenters. The summed E-state index contributed by atoms with van der Waals surface area (Å²) >= 11 is 9.59. The Morgan fingerprint density at radius 2 is 1.72 bits per heavy atom. The molecule has 0 aliphatic carbocycles. The molecule has 0 saturated heterocycles. The number of carbonyl (C=O) groups is 2. The summed E-state index contributed by atoms with van der Waals surface area (Å²) in [5, 5.41) is 7.36. The van der Waals surface area contributed by atoms with Crippen LogP contribution in [-0.2, 0) is 4.79 Å². The molecule has 0 saturated carbocycles. The van der Waals surface area contributed by atoms with Gasteiger partial charge in [-0.3, -0.25) is 9.59 Å². The van der Waals surface area contributed by atoms with Crippen molar-refractivity contribution in [3.8, 4) is 23.0 Å². The molecule has 0 aliphatic rings. The first-order valence-electron chi connectivity index (χ1n) is 12.0. The standard InChI is InChI=1S/C28H29BrClN3O6/c1-5-37-23-10-8-19(13-24(23)36-4)28(35)33-31-15-18-11-21(29)27(25(12-18)38-6-2)39-16-26(34)32-20-9-7-17(3)22(30)14-20/h7-15H,5-6,16H2,1-4H3,(H,32,34)(H,33,35)/b31-15+. The van der Waals surface area contributed by atoms with E-state index in [9.17, 15) is 9.59 Å². The number of ether oxygens (including phenoxy) is 4. The zero-order chi connectivity index (χ0) is 28.4. The molecule has 2 N–H and O–H groups in total. The van der Waals surface area contributed by atoms with E-state index in [-0.39, 0.29) is 12.5 Å². The Bertz CT molecular complexity index is 1370. The minimum absolute atomic E-state index is 0.251. The highest BCUT2D eigenvalue weighted by Gasteiger charge is 2.15. The van der Waals surface area contributed by atoms with Crippen LogP contribution < -0.4 is 29.7 Å². The van der Waals surface area contributed by atoms with Crippen LogP contribution in [0.1, 0.15) is 35.3 Å². The van der Waals surface area contributed by atoms with E-state index < -0.39 is 5.91 Å². The van der Waals surface area contributed by atoms with Gasteiger partial charge in [0.25, 0.3) is 11.8 Å². The third kappa shape index (κ3) is 8.36. The molecule has 11 heteroatoms. The molecule has 0 aromatic heterocycles. The molecular weight excluding hydrogens is 590 g/mol. The predicted molar refractivity (Wildman–Crippen MR) is 155 cm³/mol. The maximum Gasteiger partial charge on any atom is 0.271 e. The normalized spacial score (nSPS) is 10.7. The maximum atomic E-state index is 12.6. The molecule has 0 radical (unpaired) electrons. The maximum absolute atomic E-state index is 12.6. The van der Waals surface area contributed by atoms with Crippen LogP contribution in [0.4, 0.5) is 5.69 Å². The van der Waals surface area contributed by atoms with Crippen LogP contribution >= 0.6 is 27.5 Å². The van der Waals surface area contributed by atoms with Crippen LogP contribution in [0.15, 0.2) is 58.1 Å². The number of rotatable bonds is 12. The molecule has 3 aromatic carbocycles. The number of halogens is 2. The number of hydrazone groups is 1. The molecule has 3 aromatic rings. The first kappa shape index (κ1) is 29.8. The lowest BCUT2D eigenvalue weighted by atomic mass is 10.2. The van der Waals surface area contributed by atoms with Crippen molar-refractivity contribution in [1.29, 1.82) is 0 Å². The van der Waals surface area contributed by atoms with Gasteiger partial charge in [0.05, 0.1) is 31.0 Å². The molecule has 2 amide bonds. The summed E-state index contributed by atoms with van der Waals surface area (Å²) in [4.78, 5) is 25.0. The molecule has 0 aliphatic heterocycles. The third-order valence-electron chi connectivity index (χ3n) is 5.24. The zero-order valence-corrected chi connectivity index (χ0v) is 24.3. The minimum atomic E-state index is -0.419. The van der Waals surface area contributed by atoms with E-state index in [0.717, 1.165) is 5.56 Å². The van der Waals surface area contributed by atoms with Crippen LogP contribution in [0, 0.1) is 6.92 Å². The van der Waals surface area contributed by atoms with Crippen molar-refractivity contribution < 1.29 is 28.5 Å². The topological polar surface area (TPSA) is 107 Å². The third-order valence-corrected chi connectivity index (χ3v) is 6.24. The smallest absolute Gasteiger partial charge is 0.271 e. The number of hydrogen-bond acceptors (Lipinski definition) is 7. The molecular formula is C28H29BrClN3O6. The number of aryl methyl sites for hydroxylation is 1. The Morgan fingerprint density at radius 3 is 2.41 bits per heavy atom. The number of amides is 2. The number of benzene rings is 3. The first-order valence-corrected chi connectivity index (χ1v) is 13.2. The predicted octanol–water partition coefficient (Wildman–Crippen LogP) is 6.00. The fourth-order valence-corrected chi connectivity index (χ4v) is 4.14. The van der Waals surface area contributed by atoms with Gasteiger partial charge in [0, 0.05) is 16.3 Å². The van der Waals surface area contributed by atoms with Gasteiger partial charge in [-0.15, -0.1) is 0 Å². The first-order chi connectivity index (χ1) is 18.7. The molecule has 0 bridgehead atoms. The lowest BCUT2D eigenvalue weighted by molar-refractivity contribution is -0.118. The van der Waals surface area contributed by atoms with Gasteiger partial charge in [0.2, 0.25) is 0 Å². The van der Waals surface area contributed by atoms with Crippen LogP contribution in [0.2, 0.25) is 5.02 Å². The molecule has 0 heterocycles. The highest BCUT2D eigenvalue weighted by molar-refractivity contribution is 9.10. The number of carbonyl (C=O) groups excluding carboxylic acids is 2. The Kier molecular flexibility index (Phi) is 11.0. The van der Waals surface area contributed by atoms with Gasteiger partial charge in [0.1, 0.15) is 0 Å². The van der Waals surface area contributed by atoms with Gasteiger partial charge in [-0.05, 0) is 90.3 Å². The zero-order valence-electron chi connectivity index (χ0n) is 22.0. The Balaban J connectivity index is 1.66. The van der Waals surface area contributed by atoms with Gasteiger partial charge in [-0.2, -0.15) is 5.10 Å². The Hall–Kier alpha value is -3.76. The van der Waals surface area contributed by atoms with Crippen LogP contribution in [0.5, 0.6) is 23.0 Å². The van der Waals surface area contributed by atoms with Gasteiger partial charge < -0.3 is 24.3 Å². The van der Waals surface area contributed by atoms with Crippen molar-refractivity contribution in [3.63, 3.8) is 0 Å². The average Bonchev–Trinajstić information content (AvgIpc) is 2.90. The van der Waals surface area contributed by atoms with E-state index in [0.29, 0.717) is 62.5 Å². The number of methoxy groups -OCH3 is 1. The van der Waals surface area contributed by atoms with Gasteiger partial charge in [-0.25, -0.2) is 5.43 Å². The highest BCUT2D eigenvalue weighted by Crippen LogP contribution is 2.36. The van der Waals surface area contributed by atoms with Crippen molar-refractivity contribution in [2.45, 2.75) is 20.8 Å². The largest absolute Gasteiger partial charge is 0.493 e. The van der Waals surface area contributed by atoms with E-state index in [4.69, 9.17) is 30.5 Å². The van der Waals surface area contributed by atoms with Crippen molar-refractivity contribution >= 4 is 51.2 Å². The minimum Gasteiger partial charge on any atom is -0.493 e. The SMILES string of the molecule is CCOc1ccc(C(=O)N/N=C/c2cc(Br)c(OCC(=O)Nc3ccc(C)c(Cl)c3)c(OCC)c2)cc1OC. The summed E-state index contributed by atoms with van der Waals surface area (Å²) in [6, 6.07) is 13.5. The molecule has 0 unspecified atom stereocenters. The highest BCUT2D eigenvalue weighted by atomic mass is 79.9.